The molecule has 1 aliphatic carbocycles. The summed E-state index contributed by atoms with van der Waals surface area (Å²) in [6, 6.07) is 9.63. The summed E-state index contributed by atoms with van der Waals surface area (Å²) in [5.41, 5.74) is 3.49. The highest BCUT2D eigenvalue weighted by molar-refractivity contribution is 5.89. The Labute approximate surface area is 102 Å². The number of nitrogens with one attached hydrogen (secondary N) is 1. The fourth-order valence-corrected chi connectivity index (χ4v) is 2.18. The second kappa shape index (κ2) is 4.88. The summed E-state index contributed by atoms with van der Waals surface area (Å²) in [5.74, 6) is 0.201. The number of para-hydroxylation sites is 1. The number of Topliss-reactive ketones (excluding diaryl/α,β-unsaturated/α-hetero) is 1. The van der Waals surface area contributed by atoms with Crippen molar-refractivity contribution in [2.75, 3.05) is 5.48 Å². The van der Waals surface area contributed by atoms with Gasteiger partial charge in [0.15, 0.2) is 5.78 Å². The summed E-state index contributed by atoms with van der Waals surface area (Å²) in [7, 11) is 0. The predicted molar refractivity (Wildman–Crippen MR) is 67.6 cm³/mol. The fraction of sp³-hybridized carbons (Fsp3) is 0.500. The third-order valence-electron chi connectivity index (χ3n) is 3.32. The predicted octanol–water partition coefficient (Wildman–Crippen LogP) is 3.18. The van der Waals surface area contributed by atoms with Crippen LogP contribution in [0.15, 0.2) is 30.3 Å². The Morgan fingerprint density at radius 2 is 2.00 bits per heavy atom. The van der Waals surface area contributed by atoms with Gasteiger partial charge in [-0.2, -0.15) is 0 Å². The van der Waals surface area contributed by atoms with E-state index in [2.05, 4.69) is 5.48 Å². The number of hydrogen-bond donors (Lipinski definition) is 1. The van der Waals surface area contributed by atoms with Crippen molar-refractivity contribution in [2.24, 2.45) is 5.41 Å². The quantitative estimate of drug-likeness (QED) is 0.815. The topological polar surface area (TPSA) is 38.3 Å². The van der Waals surface area contributed by atoms with Gasteiger partial charge in [-0.25, -0.2) is 0 Å². The molecule has 17 heavy (non-hydrogen) atoms. The highest BCUT2D eigenvalue weighted by Gasteiger charge is 2.38. The first-order valence-corrected chi connectivity index (χ1v) is 6.11. The van der Waals surface area contributed by atoms with Crippen molar-refractivity contribution >= 4 is 11.5 Å². The Morgan fingerprint density at radius 1 is 1.29 bits per heavy atom. The maximum absolute atomic E-state index is 12.1. The maximum atomic E-state index is 12.1. The molecule has 0 amide bonds. The van der Waals surface area contributed by atoms with E-state index in [-0.39, 0.29) is 17.3 Å². The van der Waals surface area contributed by atoms with E-state index in [1.165, 1.54) is 0 Å². The van der Waals surface area contributed by atoms with Gasteiger partial charge in [-0.3, -0.25) is 15.1 Å². The van der Waals surface area contributed by atoms with E-state index in [9.17, 15) is 4.79 Å². The van der Waals surface area contributed by atoms with E-state index in [1.807, 2.05) is 44.2 Å². The van der Waals surface area contributed by atoms with Crippen LogP contribution in [-0.2, 0) is 9.63 Å². The highest BCUT2D eigenvalue weighted by atomic mass is 16.7. The lowest BCUT2D eigenvalue weighted by Gasteiger charge is -2.33. The number of carbonyl (C=O) groups is 1. The Kier molecular flexibility index (Phi) is 3.48. The molecule has 0 spiro atoms. The first-order chi connectivity index (χ1) is 8.09. The number of carbonyl (C=O) groups excluding carboxylic acids is 1. The zero-order valence-corrected chi connectivity index (χ0v) is 10.4. The Balaban J connectivity index is 1.93. The summed E-state index contributed by atoms with van der Waals surface area (Å²) in [5, 5.41) is 0. The van der Waals surface area contributed by atoms with E-state index in [0.29, 0.717) is 0 Å². The van der Waals surface area contributed by atoms with Gasteiger partial charge in [0.2, 0.25) is 0 Å². The molecule has 3 nitrogen and oxygen atoms in total. The highest BCUT2D eigenvalue weighted by Crippen LogP contribution is 2.33. The van der Waals surface area contributed by atoms with E-state index in [0.717, 1.165) is 24.9 Å². The fourth-order valence-electron chi connectivity index (χ4n) is 2.18. The van der Waals surface area contributed by atoms with Gasteiger partial charge in [-0.05, 0) is 31.4 Å². The lowest BCUT2D eigenvalue weighted by atomic mass is 9.75. The first kappa shape index (κ1) is 12.1. The summed E-state index contributed by atoms with van der Waals surface area (Å²) >= 11 is 0. The van der Waals surface area contributed by atoms with Crippen LogP contribution in [0.2, 0.25) is 0 Å². The maximum Gasteiger partial charge on any atom is 0.169 e. The monoisotopic (exact) mass is 233 g/mol. The van der Waals surface area contributed by atoms with Gasteiger partial charge in [-0.15, -0.1) is 0 Å². The Bertz CT molecular complexity index is 386. The van der Waals surface area contributed by atoms with Crippen LogP contribution in [0.3, 0.4) is 0 Å². The lowest BCUT2D eigenvalue weighted by Crippen LogP contribution is -2.41. The second-order valence-corrected chi connectivity index (χ2v) is 5.21. The molecule has 1 aromatic rings. The molecule has 0 radical (unpaired) electrons. The minimum Gasteiger partial charge on any atom is -0.296 e. The molecule has 1 N–H and O–H groups in total. The third-order valence-corrected chi connectivity index (χ3v) is 3.32. The van der Waals surface area contributed by atoms with Gasteiger partial charge in [0.1, 0.15) is 6.10 Å². The van der Waals surface area contributed by atoms with Crippen molar-refractivity contribution in [1.82, 2.24) is 0 Å². The van der Waals surface area contributed by atoms with Gasteiger partial charge >= 0.3 is 0 Å². The van der Waals surface area contributed by atoms with Crippen LogP contribution in [0, 0.1) is 5.41 Å². The minimum atomic E-state index is -0.320. The molecule has 1 fully saturated rings. The lowest BCUT2D eigenvalue weighted by molar-refractivity contribution is -0.141. The summed E-state index contributed by atoms with van der Waals surface area (Å²) in [6.45, 7) is 3.99. The molecule has 1 aromatic carbocycles. The Hall–Kier alpha value is -1.35. The Morgan fingerprint density at radius 3 is 2.71 bits per heavy atom. The third kappa shape index (κ3) is 2.86. The zero-order valence-electron chi connectivity index (χ0n) is 10.4. The van der Waals surface area contributed by atoms with Crippen LogP contribution < -0.4 is 5.48 Å². The van der Waals surface area contributed by atoms with Crippen molar-refractivity contribution in [3.63, 3.8) is 0 Å². The molecular weight excluding hydrogens is 214 g/mol. The number of hydrogen-bond acceptors (Lipinski definition) is 3. The molecule has 2 rings (SSSR count). The molecule has 1 atom stereocenters. The molecule has 1 aliphatic rings. The van der Waals surface area contributed by atoms with Gasteiger partial charge in [0, 0.05) is 5.41 Å². The van der Waals surface area contributed by atoms with E-state index in [1.54, 1.807) is 0 Å². The van der Waals surface area contributed by atoms with E-state index >= 15 is 0 Å². The molecule has 0 heterocycles. The standard InChI is InChI=1S/C14H19NO2/c1-14(2)10-6-9-12(13(14)16)17-15-11-7-4-3-5-8-11/h3-5,7-8,12,15H,6,9-10H2,1-2H3. The first-order valence-electron chi connectivity index (χ1n) is 6.11. The number of ketones is 1. The van der Waals surface area contributed by atoms with Crippen molar-refractivity contribution < 1.29 is 9.63 Å². The van der Waals surface area contributed by atoms with Crippen molar-refractivity contribution in [2.45, 2.75) is 39.2 Å². The van der Waals surface area contributed by atoms with Crippen molar-refractivity contribution in [1.29, 1.82) is 0 Å². The molecule has 0 bridgehead atoms. The minimum absolute atomic E-state index is 0.201. The van der Waals surface area contributed by atoms with Crippen molar-refractivity contribution in [3.8, 4) is 0 Å². The zero-order chi connectivity index (χ0) is 12.3. The molecule has 1 unspecified atom stereocenters. The van der Waals surface area contributed by atoms with Crippen LogP contribution in [0.25, 0.3) is 0 Å². The molecule has 92 valence electrons. The van der Waals surface area contributed by atoms with Crippen LogP contribution in [0.4, 0.5) is 5.69 Å². The number of benzene rings is 1. The molecule has 0 aliphatic heterocycles. The van der Waals surface area contributed by atoms with Gasteiger partial charge < -0.3 is 0 Å². The van der Waals surface area contributed by atoms with Gasteiger partial charge in [0.25, 0.3) is 0 Å². The van der Waals surface area contributed by atoms with Gasteiger partial charge in [-0.1, -0.05) is 32.0 Å². The molecule has 0 aromatic heterocycles. The summed E-state index contributed by atoms with van der Waals surface area (Å²) < 4.78 is 0. The molecule has 1 saturated carbocycles. The SMILES string of the molecule is CC1(C)CCCC(ONc2ccccc2)C1=O. The van der Waals surface area contributed by atoms with Crippen LogP contribution in [0.1, 0.15) is 33.1 Å². The smallest absolute Gasteiger partial charge is 0.169 e. The van der Waals surface area contributed by atoms with Crippen molar-refractivity contribution in [3.05, 3.63) is 30.3 Å². The van der Waals surface area contributed by atoms with Gasteiger partial charge in [0.05, 0.1) is 5.69 Å². The largest absolute Gasteiger partial charge is 0.296 e. The summed E-state index contributed by atoms with van der Waals surface area (Å²) in [4.78, 5) is 17.6. The van der Waals surface area contributed by atoms with E-state index in [4.69, 9.17) is 4.84 Å². The number of anilines is 1. The van der Waals surface area contributed by atoms with E-state index < -0.39 is 0 Å². The molecule has 0 saturated heterocycles. The number of rotatable bonds is 3. The van der Waals surface area contributed by atoms with Crippen LogP contribution in [0.5, 0.6) is 0 Å². The normalized spacial score (nSPS) is 23.4. The molecule has 3 heteroatoms. The van der Waals surface area contributed by atoms with Crippen LogP contribution >= 0.6 is 0 Å². The summed E-state index contributed by atoms with van der Waals surface area (Å²) in [6.07, 6.45) is 2.48. The average Bonchev–Trinajstić information content (AvgIpc) is 2.32. The second-order valence-electron chi connectivity index (χ2n) is 5.21. The van der Waals surface area contributed by atoms with Crippen LogP contribution in [-0.4, -0.2) is 11.9 Å². The molecular formula is C14H19NO2. The average molecular weight is 233 g/mol.